The second-order valence-corrected chi connectivity index (χ2v) is 8.36. The van der Waals surface area contributed by atoms with Crippen LogP contribution in [-0.2, 0) is 0 Å². The summed E-state index contributed by atoms with van der Waals surface area (Å²) in [6, 6.07) is 2.61. The van der Waals surface area contributed by atoms with Crippen LogP contribution in [-0.4, -0.2) is 51.3 Å². The average Bonchev–Trinajstić information content (AvgIpc) is 3.35. The lowest BCUT2D eigenvalue weighted by atomic mass is 10.0. The Kier molecular flexibility index (Phi) is 3.41. The summed E-state index contributed by atoms with van der Waals surface area (Å²) in [5, 5.41) is 11.7. The monoisotopic (exact) mass is 355 g/mol. The fourth-order valence-electron chi connectivity index (χ4n) is 4.47. The molecule has 2 aliphatic rings. The molecule has 2 fully saturated rings. The molecule has 1 aliphatic heterocycles. The van der Waals surface area contributed by atoms with Gasteiger partial charge in [-0.3, -0.25) is 0 Å². The third-order valence-corrected chi connectivity index (χ3v) is 6.63. The zero-order valence-electron chi connectivity index (χ0n) is 14.4. The maximum Gasteiger partial charge on any atom is 0.208 e. The van der Waals surface area contributed by atoms with Crippen LogP contribution >= 0.6 is 11.3 Å². The topological polar surface area (TPSA) is 73.8 Å². The number of aromatic nitrogens is 5. The van der Waals surface area contributed by atoms with Crippen molar-refractivity contribution in [3.8, 4) is 0 Å². The lowest BCUT2D eigenvalue weighted by molar-refractivity contribution is 0.494. The highest BCUT2D eigenvalue weighted by Crippen LogP contribution is 2.43. The highest BCUT2D eigenvalue weighted by molar-refractivity contribution is 7.15. The lowest BCUT2D eigenvalue weighted by Crippen LogP contribution is -2.32. The van der Waals surface area contributed by atoms with Crippen molar-refractivity contribution < 1.29 is 0 Å². The summed E-state index contributed by atoms with van der Waals surface area (Å²) in [7, 11) is 2.17. The summed E-state index contributed by atoms with van der Waals surface area (Å²) in [6.07, 6.45) is 6.01. The van der Waals surface area contributed by atoms with Gasteiger partial charge in [0, 0.05) is 32.4 Å². The first-order valence-electron chi connectivity index (χ1n) is 8.75. The Hall–Kier alpha value is -2.22. The molecular formula is C17H21N7S. The van der Waals surface area contributed by atoms with Crippen molar-refractivity contribution in [2.45, 2.75) is 25.8 Å². The van der Waals surface area contributed by atoms with Gasteiger partial charge in [-0.2, -0.15) is 0 Å². The van der Waals surface area contributed by atoms with Gasteiger partial charge in [0.15, 0.2) is 0 Å². The van der Waals surface area contributed by atoms with Crippen LogP contribution in [0.4, 0.5) is 10.9 Å². The van der Waals surface area contributed by atoms with E-state index in [2.05, 4.69) is 48.1 Å². The molecule has 5 rings (SSSR count). The first-order valence-corrected chi connectivity index (χ1v) is 9.56. The van der Waals surface area contributed by atoms with Crippen molar-refractivity contribution in [1.82, 2.24) is 25.1 Å². The molecule has 8 heteroatoms. The van der Waals surface area contributed by atoms with E-state index in [1.54, 1.807) is 17.7 Å². The van der Waals surface area contributed by atoms with Crippen molar-refractivity contribution in [2.24, 2.45) is 11.8 Å². The minimum absolute atomic E-state index is 0.543. The molecule has 25 heavy (non-hydrogen) atoms. The molecule has 1 unspecified atom stereocenters. The number of H-pyrrole nitrogens is 1. The quantitative estimate of drug-likeness (QED) is 0.778. The van der Waals surface area contributed by atoms with Gasteiger partial charge in [-0.05, 0) is 37.7 Å². The predicted octanol–water partition coefficient (Wildman–Crippen LogP) is 2.47. The largest absolute Gasteiger partial charge is 0.356 e. The molecule has 0 amide bonds. The Labute approximate surface area is 150 Å². The number of hydrogen-bond donors (Lipinski definition) is 1. The fourth-order valence-corrected chi connectivity index (χ4v) is 5.17. The van der Waals surface area contributed by atoms with Crippen molar-refractivity contribution in [3.05, 3.63) is 23.6 Å². The van der Waals surface area contributed by atoms with E-state index >= 15 is 0 Å². The van der Waals surface area contributed by atoms with Crippen LogP contribution in [0.25, 0.3) is 11.0 Å². The normalized spacial score (nSPS) is 25.7. The summed E-state index contributed by atoms with van der Waals surface area (Å²) in [6.45, 7) is 4.23. The second-order valence-electron chi connectivity index (χ2n) is 7.20. The third-order valence-electron chi connectivity index (χ3n) is 5.73. The molecule has 7 nitrogen and oxygen atoms in total. The molecule has 3 atom stereocenters. The van der Waals surface area contributed by atoms with E-state index in [9.17, 15) is 0 Å². The standard InChI is InChI=1S/C17H21N7S/c1-10-21-22-17(25-10)24-7-11-5-13(6-12(11)8-24)23(2)16-14-3-4-18-15(14)19-9-20-16/h3-4,9,11-13H,5-8H2,1-2H3,(H,18,19,20)/t11-,12+,13?. The third kappa shape index (κ3) is 2.47. The molecule has 4 heterocycles. The maximum atomic E-state index is 4.55. The number of anilines is 2. The van der Waals surface area contributed by atoms with Gasteiger partial charge in [-0.15, -0.1) is 10.2 Å². The highest BCUT2D eigenvalue weighted by Gasteiger charge is 2.43. The number of nitrogens with zero attached hydrogens (tertiary/aromatic N) is 6. The summed E-state index contributed by atoms with van der Waals surface area (Å²) >= 11 is 1.70. The van der Waals surface area contributed by atoms with E-state index in [-0.39, 0.29) is 0 Å². The Morgan fingerprint density at radius 1 is 1.20 bits per heavy atom. The summed E-state index contributed by atoms with van der Waals surface area (Å²) in [5.41, 5.74) is 0.910. The number of aromatic amines is 1. The molecule has 130 valence electrons. The van der Waals surface area contributed by atoms with Gasteiger partial charge in [0.05, 0.1) is 5.39 Å². The van der Waals surface area contributed by atoms with E-state index < -0.39 is 0 Å². The van der Waals surface area contributed by atoms with Crippen molar-refractivity contribution in [2.75, 3.05) is 29.9 Å². The Bertz CT molecular complexity index is 889. The van der Waals surface area contributed by atoms with Crippen molar-refractivity contribution in [1.29, 1.82) is 0 Å². The van der Waals surface area contributed by atoms with Gasteiger partial charge in [0.1, 0.15) is 22.8 Å². The Morgan fingerprint density at radius 3 is 2.72 bits per heavy atom. The van der Waals surface area contributed by atoms with Crippen LogP contribution in [0.15, 0.2) is 18.6 Å². The van der Waals surface area contributed by atoms with Gasteiger partial charge < -0.3 is 14.8 Å². The zero-order valence-corrected chi connectivity index (χ0v) is 15.2. The van der Waals surface area contributed by atoms with Crippen LogP contribution in [0.5, 0.6) is 0 Å². The van der Waals surface area contributed by atoms with Gasteiger partial charge >= 0.3 is 0 Å². The van der Waals surface area contributed by atoms with Crippen LogP contribution in [0, 0.1) is 18.8 Å². The molecule has 3 aromatic rings. The highest BCUT2D eigenvalue weighted by atomic mass is 32.1. The first-order chi connectivity index (χ1) is 12.2. The van der Waals surface area contributed by atoms with Crippen LogP contribution in [0.3, 0.4) is 0 Å². The van der Waals surface area contributed by atoms with Gasteiger partial charge in [-0.25, -0.2) is 9.97 Å². The molecule has 1 saturated carbocycles. The smallest absolute Gasteiger partial charge is 0.208 e. The van der Waals surface area contributed by atoms with Crippen molar-refractivity contribution in [3.63, 3.8) is 0 Å². The van der Waals surface area contributed by atoms with Crippen LogP contribution in [0.1, 0.15) is 17.8 Å². The molecule has 1 saturated heterocycles. The summed E-state index contributed by atoms with van der Waals surface area (Å²) in [4.78, 5) is 16.8. The molecule has 0 bridgehead atoms. The van der Waals surface area contributed by atoms with Gasteiger partial charge in [-0.1, -0.05) is 11.3 Å². The second kappa shape index (κ2) is 5.66. The summed E-state index contributed by atoms with van der Waals surface area (Å²) < 4.78 is 0. The molecule has 1 aliphatic carbocycles. The number of fused-ring (bicyclic) bond motifs is 2. The average molecular weight is 355 g/mol. The molecule has 0 spiro atoms. The number of aryl methyl sites for hydroxylation is 1. The number of rotatable bonds is 3. The molecule has 1 N–H and O–H groups in total. The first kappa shape index (κ1) is 15.1. The Balaban J connectivity index is 1.32. The van der Waals surface area contributed by atoms with E-state index in [4.69, 9.17) is 0 Å². The molecule has 0 radical (unpaired) electrons. The molecule has 0 aromatic carbocycles. The van der Waals surface area contributed by atoms with E-state index in [0.717, 1.165) is 51.9 Å². The van der Waals surface area contributed by atoms with E-state index in [1.807, 2.05) is 13.1 Å². The Morgan fingerprint density at radius 2 is 2.00 bits per heavy atom. The predicted molar refractivity (Wildman–Crippen MR) is 99.2 cm³/mol. The van der Waals surface area contributed by atoms with Crippen molar-refractivity contribution >= 4 is 33.3 Å². The minimum Gasteiger partial charge on any atom is -0.356 e. The van der Waals surface area contributed by atoms with Gasteiger partial charge in [0.25, 0.3) is 0 Å². The summed E-state index contributed by atoms with van der Waals surface area (Å²) in [5.74, 6) is 2.51. The van der Waals surface area contributed by atoms with Gasteiger partial charge in [0.2, 0.25) is 5.13 Å². The van der Waals surface area contributed by atoms with E-state index in [0.29, 0.717) is 6.04 Å². The maximum absolute atomic E-state index is 4.55. The molecular weight excluding hydrogens is 334 g/mol. The van der Waals surface area contributed by atoms with Crippen LogP contribution < -0.4 is 9.80 Å². The van der Waals surface area contributed by atoms with Crippen LogP contribution in [0.2, 0.25) is 0 Å². The number of nitrogens with one attached hydrogen (secondary N) is 1. The minimum atomic E-state index is 0.543. The van der Waals surface area contributed by atoms with E-state index in [1.165, 1.54) is 12.8 Å². The SMILES string of the molecule is Cc1nnc(N2C[C@H]3CC(N(C)c4ncnc5[nH]ccc45)C[C@H]3C2)s1. The number of hydrogen-bond acceptors (Lipinski definition) is 7. The fraction of sp³-hybridized carbons (Fsp3) is 0.529. The zero-order chi connectivity index (χ0) is 17.0. The molecule has 3 aromatic heterocycles. The lowest BCUT2D eigenvalue weighted by Gasteiger charge is -2.27.